The second kappa shape index (κ2) is 5.93. The summed E-state index contributed by atoms with van der Waals surface area (Å²) in [7, 11) is 0. The minimum absolute atomic E-state index is 0.0696. The van der Waals surface area contributed by atoms with Gasteiger partial charge in [-0.3, -0.25) is 4.79 Å². The molecule has 2 aromatic heterocycles. The summed E-state index contributed by atoms with van der Waals surface area (Å²) in [6.07, 6.45) is 7.50. The average Bonchev–Trinajstić information content (AvgIpc) is 3.16. The Labute approximate surface area is 126 Å². The van der Waals surface area contributed by atoms with Gasteiger partial charge in [0.2, 0.25) is 0 Å². The van der Waals surface area contributed by atoms with Gasteiger partial charge in [0.15, 0.2) is 0 Å². The van der Waals surface area contributed by atoms with Gasteiger partial charge in [-0.05, 0) is 31.2 Å². The van der Waals surface area contributed by atoms with E-state index >= 15 is 0 Å². The van der Waals surface area contributed by atoms with Crippen molar-refractivity contribution in [3.63, 3.8) is 0 Å². The molecule has 1 amide bonds. The van der Waals surface area contributed by atoms with E-state index < -0.39 is 0 Å². The Morgan fingerprint density at radius 1 is 1.45 bits per heavy atom. The largest absolute Gasteiger partial charge is 0.329 e. The number of aromatic nitrogens is 2. The Bertz CT molecular complexity index is 600. The predicted octanol–water partition coefficient (Wildman–Crippen LogP) is 3.24. The number of thioether (sulfide) groups is 1. The summed E-state index contributed by atoms with van der Waals surface area (Å²) in [5.41, 5.74) is 0.698. The number of thiazole rings is 1. The zero-order valence-electron chi connectivity index (χ0n) is 11.2. The van der Waals surface area contributed by atoms with Crippen LogP contribution in [0.1, 0.15) is 34.2 Å². The molecule has 1 aliphatic heterocycles. The molecule has 0 unspecified atom stereocenters. The highest BCUT2D eigenvalue weighted by Crippen LogP contribution is 2.34. The van der Waals surface area contributed by atoms with Crippen molar-refractivity contribution in [1.82, 2.24) is 14.9 Å². The highest BCUT2D eigenvalue weighted by molar-refractivity contribution is 7.98. The van der Waals surface area contributed by atoms with Crippen molar-refractivity contribution in [3.05, 3.63) is 40.5 Å². The van der Waals surface area contributed by atoms with Gasteiger partial charge in [0, 0.05) is 24.3 Å². The van der Waals surface area contributed by atoms with Crippen molar-refractivity contribution in [3.8, 4) is 0 Å². The van der Waals surface area contributed by atoms with Gasteiger partial charge in [0.05, 0.1) is 11.6 Å². The molecule has 0 aromatic carbocycles. The van der Waals surface area contributed by atoms with E-state index in [1.54, 1.807) is 23.7 Å². The summed E-state index contributed by atoms with van der Waals surface area (Å²) in [5.74, 6) is 0.0696. The Morgan fingerprint density at radius 2 is 2.35 bits per heavy atom. The van der Waals surface area contributed by atoms with Crippen molar-refractivity contribution in [1.29, 1.82) is 0 Å². The first-order valence-electron chi connectivity index (χ1n) is 6.50. The van der Waals surface area contributed by atoms with Crippen molar-refractivity contribution < 1.29 is 4.79 Å². The molecule has 3 heterocycles. The molecule has 0 aliphatic carbocycles. The van der Waals surface area contributed by atoms with Crippen LogP contribution in [0.15, 0.2) is 34.9 Å². The molecule has 1 saturated heterocycles. The Morgan fingerprint density at radius 3 is 3.10 bits per heavy atom. The highest BCUT2D eigenvalue weighted by Gasteiger charge is 2.33. The van der Waals surface area contributed by atoms with Gasteiger partial charge in [-0.15, -0.1) is 23.1 Å². The fourth-order valence-electron chi connectivity index (χ4n) is 2.54. The molecule has 0 N–H and O–H groups in total. The quantitative estimate of drug-likeness (QED) is 0.817. The summed E-state index contributed by atoms with van der Waals surface area (Å²) in [6.45, 7) is 0.797. The number of carbonyl (C=O) groups excluding carboxylic acids is 1. The van der Waals surface area contributed by atoms with Crippen LogP contribution < -0.4 is 0 Å². The molecular weight excluding hydrogens is 290 g/mol. The van der Waals surface area contributed by atoms with Crippen LogP contribution in [0.25, 0.3) is 0 Å². The van der Waals surface area contributed by atoms with E-state index in [1.807, 2.05) is 28.7 Å². The number of hydrogen-bond donors (Lipinski definition) is 0. The maximum absolute atomic E-state index is 12.8. The SMILES string of the molecule is CSc1ncccc1C(=O)N1CCC[C@H]1c1nccs1. The third-order valence-corrected chi connectivity index (χ3v) is 5.03. The molecule has 3 rings (SSSR count). The first-order valence-corrected chi connectivity index (χ1v) is 8.61. The Kier molecular flexibility index (Phi) is 4.03. The van der Waals surface area contributed by atoms with Crippen LogP contribution in [0.4, 0.5) is 0 Å². The van der Waals surface area contributed by atoms with E-state index in [1.165, 1.54) is 11.8 Å². The summed E-state index contributed by atoms with van der Waals surface area (Å²) in [5, 5.41) is 3.79. The normalized spacial score (nSPS) is 18.4. The highest BCUT2D eigenvalue weighted by atomic mass is 32.2. The molecular formula is C14H15N3OS2. The van der Waals surface area contributed by atoms with Crippen LogP contribution in [0.2, 0.25) is 0 Å². The van der Waals surface area contributed by atoms with Crippen molar-refractivity contribution in [2.75, 3.05) is 12.8 Å². The molecule has 20 heavy (non-hydrogen) atoms. The van der Waals surface area contributed by atoms with Gasteiger partial charge < -0.3 is 4.90 Å². The van der Waals surface area contributed by atoms with Crippen LogP contribution in [0, 0.1) is 0 Å². The van der Waals surface area contributed by atoms with Crippen LogP contribution >= 0.6 is 23.1 Å². The number of likely N-dealkylation sites (tertiary alicyclic amines) is 1. The zero-order chi connectivity index (χ0) is 13.9. The lowest BCUT2D eigenvalue weighted by atomic mass is 10.2. The topological polar surface area (TPSA) is 46.1 Å². The van der Waals surface area contributed by atoms with Crippen molar-refractivity contribution in [2.24, 2.45) is 0 Å². The standard InChI is InChI=1S/C14H15N3OS2/c1-19-12-10(4-2-6-15-12)14(18)17-8-3-5-11(17)13-16-7-9-20-13/h2,4,6-7,9,11H,3,5,8H2,1H3/t11-/m0/s1. The molecule has 0 radical (unpaired) electrons. The van der Waals surface area contributed by atoms with Crippen LogP contribution in [0.5, 0.6) is 0 Å². The Hall–Kier alpha value is -1.40. The van der Waals surface area contributed by atoms with E-state index in [0.29, 0.717) is 5.56 Å². The lowest BCUT2D eigenvalue weighted by Gasteiger charge is -2.23. The fourth-order valence-corrected chi connectivity index (χ4v) is 3.86. The predicted molar refractivity (Wildman–Crippen MR) is 81.1 cm³/mol. The maximum Gasteiger partial charge on any atom is 0.257 e. The molecule has 1 aliphatic rings. The first-order chi connectivity index (χ1) is 9.81. The third kappa shape index (κ3) is 2.45. The molecule has 0 bridgehead atoms. The maximum atomic E-state index is 12.8. The minimum atomic E-state index is 0.0696. The lowest BCUT2D eigenvalue weighted by molar-refractivity contribution is 0.0731. The number of pyridine rings is 1. The molecule has 2 aromatic rings. The smallest absolute Gasteiger partial charge is 0.257 e. The van der Waals surface area contributed by atoms with E-state index in [4.69, 9.17) is 0 Å². The van der Waals surface area contributed by atoms with Gasteiger partial charge >= 0.3 is 0 Å². The summed E-state index contributed by atoms with van der Waals surface area (Å²) < 4.78 is 0. The second-order valence-corrected chi connectivity index (χ2v) is 6.31. The van der Waals surface area contributed by atoms with Gasteiger partial charge in [0.25, 0.3) is 5.91 Å². The molecule has 4 nitrogen and oxygen atoms in total. The lowest BCUT2D eigenvalue weighted by Crippen LogP contribution is -2.31. The number of carbonyl (C=O) groups is 1. The van der Waals surface area contributed by atoms with E-state index in [9.17, 15) is 4.79 Å². The van der Waals surface area contributed by atoms with E-state index in [0.717, 1.165) is 29.4 Å². The number of amides is 1. The summed E-state index contributed by atoms with van der Waals surface area (Å²) >= 11 is 3.13. The van der Waals surface area contributed by atoms with E-state index in [2.05, 4.69) is 9.97 Å². The van der Waals surface area contributed by atoms with Gasteiger partial charge in [0.1, 0.15) is 10.0 Å². The molecule has 104 valence electrons. The van der Waals surface area contributed by atoms with E-state index in [-0.39, 0.29) is 11.9 Å². The van der Waals surface area contributed by atoms with Gasteiger partial charge in [-0.2, -0.15) is 0 Å². The Balaban J connectivity index is 1.90. The van der Waals surface area contributed by atoms with Crippen LogP contribution in [0.3, 0.4) is 0 Å². The van der Waals surface area contributed by atoms with Gasteiger partial charge in [-0.25, -0.2) is 9.97 Å². The monoisotopic (exact) mass is 305 g/mol. The average molecular weight is 305 g/mol. The summed E-state index contributed by atoms with van der Waals surface area (Å²) in [6, 6.07) is 3.80. The molecule has 0 saturated carbocycles. The van der Waals surface area contributed by atoms with Gasteiger partial charge in [-0.1, -0.05) is 0 Å². The fraction of sp³-hybridized carbons (Fsp3) is 0.357. The number of nitrogens with zero attached hydrogens (tertiary/aromatic N) is 3. The zero-order valence-corrected chi connectivity index (χ0v) is 12.8. The van der Waals surface area contributed by atoms with Crippen LogP contribution in [-0.2, 0) is 0 Å². The number of rotatable bonds is 3. The first kappa shape index (κ1) is 13.6. The molecule has 0 spiro atoms. The third-order valence-electron chi connectivity index (χ3n) is 3.45. The molecule has 1 fully saturated rings. The van der Waals surface area contributed by atoms with Crippen molar-refractivity contribution >= 4 is 29.0 Å². The molecule has 1 atom stereocenters. The van der Waals surface area contributed by atoms with Crippen LogP contribution in [-0.4, -0.2) is 33.6 Å². The summed E-state index contributed by atoms with van der Waals surface area (Å²) in [4.78, 5) is 23.4. The number of hydrogen-bond acceptors (Lipinski definition) is 5. The molecule has 6 heteroatoms. The second-order valence-electron chi connectivity index (χ2n) is 4.59. The minimum Gasteiger partial charge on any atom is -0.329 e. The van der Waals surface area contributed by atoms with Crippen molar-refractivity contribution in [2.45, 2.75) is 23.9 Å².